The summed E-state index contributed by atoms with van der Waals surface area (Å²) in [6.45, 7) is 2.08. The fourth-order valence-electron chi connectivity index (χ4n) is 1.65. The topological polar surface area (TPSA) is 84.2 Å². The number of ether oxygens (including phenoxy) is 1. The zero-order valence-electron chi connectivity index (χ0n) is 8.35. The van der Waals surface area contributed by atoms with Gasteiger partial charge in [-0.1, -0.05) is 0 Å². The van der Waals surface area contributed by atoms with Crippen molar-refractivity contribution >= 4 is 5.91 Å². The molecule has 0 bridgehead atoms. The lowest BCUT2D eigenvalue weighted by Gasteiger charge is -2.34. The summed E-state index contributed by atoms with van der Waals surface area (Å²) in [6.07, 6.45) is 1.56. The van der Waals surface area contributed by atoms with Crippen LogP contribution < -0.4 is 5.73 Å². The Balaban J connectivity index is 2.11. The number of nitrogens with zero attached hydrogens (tertiary/aromatic N) is 2. The van der Waals surface area contributed by atoms with Crippen LogP contribution in [0.4, 0.5) is 0 Å². The number of hydrogen-bond acceptors (Lipinski definition) is 4. The van der Waals surface area contributed by atoms with Gasteiger partial charge < -0.3 is 15.4 Å². The molecule has 1 amide bonds. The third-order valence-corrected chi connectivity index (χ3v) is 2.49. The Hall–Kier alpha value is -1.40. The monoisotopic (exact) mass is 210 g/mol. The number of amides is 1. The van der Waals surface area contributed by atoms with E-state index in [0.29, 0.717) is 32.0 Å². The van der Waals surface area contributed by atoms with E-state index in [2.05, 4.69) is 10.2 Å². The first kappa shape index (κ1) is 10.1. The maximum Gasteiger partial charge on any atom is 0.272 e. The average Bonchev–Trinajstić information content (AvgIpc) is 2.81. The van der Waals surface area contributed by atoms with Gasteiger partial charge in [-0.3, -0.25) is 9.89 Å². The molecule has 0 aromatic carbocycles. The molecule has 1 unspecified atom stereocenters. The van der Waals surface area contributed by atoms with Gasteiger partial charge in [0.05, 0.1) is 19.3 Å². The van der Waals surface area contributed by atoms with Gasteiger partial charge in [0.25, 0.3) is 5.91 Å². The number of hydrogen-bond donors (Lipinski definition) is 2. The molecule has 6 heteroatoms. The SMILES string of the molecule is NCC1COCCN1C(=O)c1ccn[nH]1. The van der Waals surface area contributed by atoms with E-state index in [9.17, 15) is 4.79 Å². The predicted molar refractivity (Wildman–Crippen MR) is 53.3 cm³/mol. The lowest BCUT2D eigenvalue weighted by Crippen LogP contribution is -2.52. The van der Waals surface area contributed by atoms with Gasteiger partial charge >= 0.3 is 0 Å². The minimum Gasteiger partial charge on any atom is -0.377 e. The van der Waals surface area contributed by atoms with Gasteiger partial charge in [-0.2, -0.15) is 5.10 Å². The molecule has 2 rings (SSSR count). The van der Waals surface area contributed by atoms with Crippen LogP contribution in [0.1, 0.15) is 10.5 Å². The van der Waals surface area contributed by atoms with E-state index in [1.807, 2.05) is 0 Å². The molecule has 0 spiro atoms. The maximum absolute atomic E-state index is 12.0. The molecular weight excluding hydrogens is 196 g/mol. The summed E-state index contributed by atoms with van der Waals surface area (Å²) in [6, 6.07) is 1.63. The number of morpholine rings is 1. The van der Waals surface area contributed by atoms with Crippen LogP contribution in [0, 0.1) is 0 Å². The third-order valence-electron chi connectivity index (χ3n) is 2.49. The van der Waals surface area contributed by atoms with E-state index in [1.54, 1.807) is 17.2 Å². The maximum atomic E-state index is 12.0. The number of nitrogens with one attached hydrogen (secondary N) is 1. The second-order valence-electron chi connectivity index (χ2n) is 3.43. The van der Waals surface area contributed by atoms with E-state index in [-0.39, 0.29) is 11.9 Å². The van der Waals surface area contributed by atoms with Crippen LogP contribution in [0.3, 0.4) is 0 Å². The zero-order chi connectivity index (χ0) is 10.7. The highest BCUT2D eigenvalue weighted by Crippen LogP contribution is 2.09. The fraction of sp³-hybridized carbons (Fsp3) is 0.556. The minimum atomic E-state index is -0.0637. The van der Waals surface area contributed by atoms with Crippen molar-refractivity contribution in [3.8, 4) is 0 Å². The van der Waals surface area contributed by atoms with E-state index in [4.69, 9.17) is 10.5 Å². The molecule has 1 aromatic heterocycles. The summed E-state index contributed by atoms with van der Waals surface area (Å²) >= 11 is 0. The second kappa shape index (κ2) is 4.41. The largest absolute Gasteiger partial charge is 0.377 e. The molecule has 1 aliphatic rings. The Morgan fingerprint density at radius 3 is 3.33 bits per heavy atom. The smallest absolute Gasteiger partial charge is 0.272 e. The molecule has 2 heterocycles. The van der Waals surface area contributed by atoms with Crippen LogP contribution in [0.25, 0.3) is 0 Å². The molecule has 0 aliphatic carbocycles. The molecule has 6 nitrogen and oxygen atoms in total. The van der Waals surface area contributed by atoms with E-state index < -0.39 is 0 Å². The Labute approximate surface area is 87.4 Å². The number of aromatic nitrogens is 2. The lowest BCUT2D eigenvalue weighted by molar-refractivity contribution is 0.000523. The quantitative estimate of drug-likeness (QED) is 0.670. The Morgan fingerprint density at radius 2 is 2.67 bits per heavy atom. The van der Waals surface area contributed by atoms with Crippen LogP contribution in [-0.2, 0) is 4.74 Å². The molecule has 0 saturated carbocycles. The molecule has 82 valence electrons. The fourth-order valence-corrected chi connectivity index (χ4v) is 1.65. The van der Waals surface area contributed by atoms with Gasteiger partial charge in [-0.05, 0) is 6.07 Å². The van der Waals surface area contributed by atoms with Gasteiger partial charge in [-0.25, -0.2) is 0 Å². The third kappa shape index (κ3) is 2.00. The number of H-pyrrole nitrogens is 1. The Bertz CT molecular complexity index is 325. The molecule has 1 saturated heterocycles. The van der Waals surface area contributed by atoms with Gasteiger partial charge in [0.15, 0.2) is 0 Å². The van der Waals surface area contributed by atoms with Crippen LogP contribution in [-0.4, -0.2) is 53.3 Å². The summed E-state index contributed by atoms with van der Waals surface area (Å²) in [5.74, 6) is -0.0637. The van der Waals surface area contributed by atoms with Crippen LogP contribution in [0.15, 0.2) is 12.3 Å². The Kier molecular flexibility index (Phi) is 2.98. The number of aromatic amines is 1. The molecule has 1 aromatic rings. The van der Waals surface area contributed by atoms with Crippen LogP contribution >= 0.6 is 0 Å². The number of rotatable bonds is 2. The second-order valence-corrected chi connectivity index (χ2v) is 3.43. The highest BCUT2D eigenvalue weighted by Gasteiger charge is 2.27. The molecule has 1 fully saturated rings. The minimum absolute atomic E-state index is 0.0328. The summed E-state index contributed by atoms with van der Waals surface area (Å²) in [7, 11) is 0. The summed E-state index contributed by atoms with van der Waals surface area (Å²) in [4.78, 5) is 13.7. The summed E-state index contributed by atoms with van der Waals surface area (Å²) in [5, 5.41) is 6.41. The zero-order valence-corrected chi connectivity index (χ0v) is 8.35. The van der Waals surface area contributed by atoms with Crippen molar-refractivity contribution in [1.29, 1.82) is 0 Å². The first-order chi connectivity index (χ1) is 7.33. The normalized spacial score (nSPS) is 21.7. The van der Waals surface area contributed by atoms with Crippen molar-refractivity contribution < 1.29 is 9.53 Å². The molecular formula is C9H14N4O2. The van der Waals surface area contributed by atoms with Crippen molar-refractivity contribution in [1.82, 2.24) is 15.1 Å². The standard InChI is InChI=1S/C9H14N4O2/c10-5-7-6-15-4-3-13(7)9(14)8-1-2-11-12-8/h1-2,7H,3-6,10H2,(H,11,12). The van der Waals surface area contributed by atoms with Gasteiger partial charge in [0.1, 0.15) is 5.69 Å². The molecule has 1 aliphatic heterocycles. The lowest BCUT2D eigenvalue weighted by atomic mass is 10.2. The van der Waals surface area contributed by atoms with Crippen molar-refractivity contribution in [2.45, 2.75) is 6.04 Å². The summed E-state index contributed by atoms with van der Waals surface area (Å²) < 4.78 is 5.27. The highest BCUT2D eigenvalue weighted by molar-refractivity contribution is 5.92. The number of nitrogens with two attached hydrogens (primary N) is 1. The van der Waals surface area contributed by atoms with E-state index in [1.165, 1.54) is 0 Å². The van der Waals surface area contributed by atoms with Gasteiger partial charge in [0.2, 0.25) is 0 Å². The van der Waals surface area contributed by atoms with Crippen molar-refractivity contribution in [3.63, 3.8) is 0 Å². The molecule has 15 heavy (non-hydrogen) atoms. The van der Waals surface area contributed by atoms with Gasteiger partial charge in [-0.15, -0.1) is 0 Å². The first-order valence-electron chi connectivity index (χ1n) is 4.91. The first-order valence-corrected chi connectivity index (χ1v) is 4.91. The van der Waals surface area contributed by atoms with Crippen molar-refractivity contribution in [2.75, 3.05) is 26.3 Å². The van der Waals surface area contributed by atoms with Crippen molar-refractivity contribution in [3.05, 3.63) is 18.0 Å². The van der Waals surface area contributed by atoms with Crippen LogP contribution in [0.5, 0.6) is 0 Å². The van der Waals surface area contributed by atoms with Crippen molar-refractivity contribution in [2.24, 2.45) is 5.73 Å². The van der Waals surface area contributed by atoms with Crippen LogP contribution in [0.2, 0.25) is 0 Å². The summed E-state index contributed by atoms with van der Waals surface area (Å²) in [5.41, 5.74) is 6.08. The Morgan fingerprint density at radius 1 is 1.80 bits per heavy atom. The van der Waals surface area contributed by atoms with E-state index in [0.717, 1.165) is 0 Å². The average molecular weight is 210 g/mol. The molecule has 3 N–H and O–H groups in total. The number of carbonyl (C=O) groups excluding carboxylic acids is 1. The molecule has 1 atom stereocenters. The highest BCUT2D eigenvalue weighted by atomic mass is 16.5. The molecule has 0 radical (unpaired) electrons. The van der Waals surface area contributed by atoms with E-state index >= 15 is 0 Å². The van der Waals surface area contributed by atoms with Gasteiger partial charge in [0, 0.05) is 19.3 Å². The number of carbonyl (C=O) groups is 1. The predicted octanol–water partition coefficient (Wildman–Crippen LogP) is -0.791.